The van der Waals surface area contributed by atoms with E-state index in [0.717, 1.165) is 25.9 Å². The SMILES string of the molecule is C#CCN(CC(=O)O)C(=O)N(C)CC1CCCN1CC. The first-order valence-corrected chi connectivity index (χ1v) is 6.89. The van der Waals surface area contributed by atoms with Crippen molar-refractivity contribution in [2.75, 3.05) is 39.8 Å². The van der Waals surface area contributed by atoms with Gasteiger partial charge in [0.2, 0.25) is 0 Å². The molecule has 1 fully saturated rings. The lowest BCUT2D eigenvalue weighted by Gasteiger charge is -2.30. The smallest absolute Gasteiger partial charge is 0.323 e. The summed E-state index contributed by atoms with van der Waals surface area (Å²) < 4.78 is 0. The summed E-state index contributed by atoms with van der Waals surface area (Å²) >= 11 is 0. The molecule has 2 amide bonds. The Hall–Kier alpha value is -1.74. The number of amides is 2. The van der Waals surface area contributed by atoms with Crippen LogP contribution in [0, 0.1) is 12.3 Å². The Labute approximate surface area is 120 Å². The van der Waals surface area contributed by atoms with Crippen LogP contribution in [-0.2, 0) is 4.79 Å². The van der Waals surface area contributed by atoms with Crippen molar-refractivity contribution >= 4 is 12.0 Å². The Kier molecular flexibility index (Phi) is 6.32. The third kappa shape index (κ3) is 4.42. The predicted molar refractivity (Wildman–Crippen MR) is 76.3 cm³/mol. The number of urea groups is 1. The van der Waals surface area contributed by atoms with Gasteiger partial charge in [-0.1, -0.05) is 12.8 Å². The van der Waals surface area contributed by atoms with Crippen LogP contribution in [0.15, 0.2) is 0 Å². The number of carboxylic acid groups (broad SMARTS) is 1. The molecule has 0 bridgehead atoms. The quantitative estimate of drug-likeness (QED) is 0.722. The average Bonchev–Trinajstić information content (AvgIpc) is 2.84. The maximum absolute atomic E-state index is 12.2. The van der Waals surface area contributed by atoms with Crippen molar-refractivity contribution in [3.63, 3.8) is 0 Å². The van der Waals surface area contributed by atoms with E-state index in [2.05, 4.69) is 17.7 Å². The van der Waals surface area contributed by atoms with Crippen LogP contribution in [0.25, 0.3) is 0 Å². The van der Waals surface area contributed by atoms with Gasteiger partial charge in [-0.15, -0.1) is 6.42 Å². The van der Waals surface area contributed by atoms with Gasteiger partial charge >= 0.3 is 12.0 Å². The summed E-state index contributed by atoms with van der Waals surface area (Å²) in [6, 6.07) is 0.0276. The van der Waals surface area contributed by atoms with Crippen molar-refractivity contribution in [1.29, 1.82) is 0 Å². The molecule has 1 aliphatic rings. The van der Waals surface area contributed by atoms with Crippen LogP contribution < -0.4 is 0 Å². The summed E-state index contributed by atoms with van der Waals surface area (Å²) in [5.74, 6) is 1.27. The lowest BCUT2D eigenvalue weighted by Crippen LogP contribution is -2.48. The molecule has 0 aliphatic carbocycles. The lowest BCUT2D eigenvalue weighted by molar-refractivity contribution is -0.137. The first kappa shape index (κ1) is 16.3. The maximum atomic E-state index is 12.2. The van der Waals surface area contributed by atoms with E-state index in [9.17, 15) is 9.59 Å². The molecule has 1 unspecified atom stereocenters. The van der Waals surface area contributed by atoms with Gasteiger partial charge in [0.25, 0.3) is 0 Å². The first-order chi connectivity index (χ1) is 9.49. The molecule has 1 rings (SSSR count). The largest absolute Gasteiger partial charge is 0.480 e. The monoisotopic (exact) mass is 281 g/mol. The molecule has 6 heteroatoms. The second-order valence-electron chi connectivity index (χ2n) is 5.04. The van der Waals surface area contributed by atoms with Crippen LogP contribution in [0.2, 0.25) is 0 Å². The molecule has 1 heterocycles. The van der Waals surface area contributed by atoms with Gasteiger partial charge in [0.05, 0.1) is 6.54 Å². The van der Waals surface area contributed by atoms with E-state index in [1.165, 1.54) is 4.90 Å². The normalized spacial score (nSPS) is 18.6. The topological polar surface area (TPSA) is 64.1 Å². The van der Waals surface area contributed by atoms with E-state index in [-0.39, 0.29) is 19.1 Å². The van der Waals surface area contributed by atoms with E-state index >= 15 is 0 Å². The zero-order chi connectivity index (χ0) is 15.1. The molecule has 1 N–H and O–H groups in total. The molecule has 1 atom stereocenters. The standard InChI is InChI=1S/C14H23N3O3/c1-4-8-17(11-13(18)19)14(20)15(3)10-12-7-6-9-16(12)5-2/h1,12H,5-11H2,2-3H3,(H,18,19). The van der Waals surface area contributed by atoms with Crippen LogP contribution in [0.4, 0.5) is 4.79 Å². The van der Waals surface area contributed by atoms with Crippen LogP contribution in [0.1, 0.15) is 19.8 Å². The fourth-order valence-corrected chi connectivity index (χ4v) is 2.62. The van der Waals surface area contributed by atoms with Crippen molar-refractivity contribution in [1.82, 2.24) is 14.7 Å². The van der Waals surface area contributed by atoms with Gasteiger partial charge in [-0.25, -0.2) is 4.79 Å². The molecule has 0 radical (unpaired) electrons. The first-order valence-electron chi connectivity index (χ1n) is 6.89. The molecule has 0 aromatic heterocycles. The van der Waals surface area contributed by atoms with E-state index in [1.807, 2.05) is 0 Å². The maximum Gasteiger partial charge on any atom is 0.323 e. The van der Waals surface area contributed by atoms with Gasteiger partial charge in [0, 0.05) is 19.6 Å². The molecule has 112 valence electrons. The van der Waals surface area contributed by atoms with Crippen molar-refractivity contribution in [2.45, 2.75) is 25.8 Å². The molecule has 6 nitrogen and oxygen atoms in total. The minimum Gasteiger partial charge on any atom is -0.480 e. The third-order valence-electron chi connectivity index (χ3n) is 3.60. The van der Waals surface area contributed by atoms with Gasteiger partial charge in [0.1, 0.15) is 6.54 Å². The Balaban J connectivity index is 2.59. The van der Waals surface area contributed by atoms with Crippen molar-refractivity contribution in [3.8, 4) is 12.3 Å². The summed E-state index contributed by atoms with van der Waals surface area (Å²) in [5, 5.41) is 8.82. The summed E-state index contributed by atoms with van der Waals surface area (Å²) in [6.45, 7) is 4.39. The number of nitrogens with zero attached hydrogens (tertiary/aromatic N) is 3. The second-order valence-corrected chi connectivity index (χ2v) is 5.04. The van der Waals surface area contributed by atoms with E-state index in [0.29, 0.717) is 12.6 Å². The molecule has 0 saturated carbocycles. The van der Waals surface area contributed by atoms with Crippen LogP contribution >= 0.6 is 0 Å². The Morgan fingerprint density at radius 3 is 2.75 bits per heavy atom. The number of hydrogen-bond donors (Lipinski definition) is 1. The van der Waals surface area contributed by atoms with E-state index in [4.69, 9.17) is 11.5 Å². The molecule has 1 aliphatic heterocycles. The number of aliphatic carboxylic acids is 1. The molecule has 0 aromatic carbocycles. The molecule has 20 heavy (non-hydrogen) atoms. The number of carbonyl (C=O) groups excluding carboxylic acids is 1. The number of hydrogen-bond acceptors (Lipinski definition) is 3. The summed E-state index contributed by atoms with van der Waals surface area (Å²) in [5.41, 5.74) is 0. The van der Waals surface area contributed by atoms with Crippen molar-refractivity contribution in [3.05, 3.63) is 0 Å². The fourth-order valence-electron chi connectivity index (χ4n) is 2.62. The highest BCUT2D eigenvalue weighted by molar-refractivity contribution is 5.80. The minimum absolute atomic E-state index is 0.0115. The average molecular weight is 281 g/mol. The number of terminal acetylenes is 1. The van der Waals surface area contributed by atoms with Gasteiger partial charge in [-0.2, -0.15) is 0 Å². The van der Waals surface area contributed by atoms with Gasteiger partial charge in [0.15, 0.2) is 0 Å². The lowest BCUT2D eigenvalue weighted by atomic mass is 10.2. The zero-order valence-corrected chi connectivity index (χ0v) is 12.2. The van der Waals surface area contributed by atoms with Gasteiger partial charge in [-0.05, 0) is 25.9 Å². The van der Waals surface area contributed by atoms with Gasteiger partial charge < -0.3 is 14.9 Å². The number of rotatable bonds is 6. The molecular formula is C14H23N3O3. The highest BCUT2D eigenvalue weighted by Crippen LogP contribution is 2.17. The summed E-state index contributed by atoms with van der Waals surface area (Å²) in [4.78, 5) is 28.1. The summed E-state index contributed by atoms with van der Waals surface area (Å²) in [6.07, 6.45) is 7.40. The Bertz CT molecular complexity index is 392. The predicted octanol–water partition coefficient (Wildman–Crippen LogP) is 0.542. The van der Waals surface area contributed by atoms with Crippen molar-refractivity contribution < 1.29 is 14.7 Å². The number of carbonyl (C=O) groups is 2. The van der Waals surface area contributed by atoms with Crippen LogP contribution in [0.5, 0.6) is 0 Å². The Morgan fingerprint density at radius 1 is 1.50 bits per heavy atom. The second kappa shape index (κ2) is 7.75. The van der Waals surface area contributed by atoms with Crippen molar-refractivity contribution in [2.24, 2.45) is 0 Å². The Morgan fingerprint density at radius 2 is 2.20 bits per heavy atom. The number of carboxylic acids is 1. The highest BCUT2D eigenvalue weighted by atomic mass is 16.4. The molecule has 0 aromatic rings. The highest BCUT2D eigenvalue weighted by Gasteiger charge is 2.27. The van der Waals surface area contributed by atoms with E-state index < -0.39 is 5.97 Å². The fraction of sp³-hybridized carbons (Fsp3) is 0.714. The molecule has 0 spiro atoms. The van der Waals surface area contributed by atoms with Crippen LogP contribution in [-0.4, -0.2) is 77.6 Å². The minimum atomic E-state index is -1.06. The summed E-state index contributed by atoms with van der Waals surface area (Å²) in [7, 11) is 1.69. The van der Waals surface area contributed by atoms with Gasteiger partial charge in [-0.3, -0.25) is 9.69 Å². The molecule has 1 saturated heterocycles. The van der Waals surface area contributed by atoms with E-state index in [1.54, 1.807) is 11.9 Å². The zero-order valence-electron chi connectivity index (χ0n) is 12.2. The third-order valence-corrected chi connectivity index (χ3v) is 3.60. The number of likely N-dealkylation sites (N-methyl/N-ethyl adjacent to an activating group) is 2. The van der Waals surface area contributed by atoms with Crippen LogP contribution in [0.3, 0.4) is 0 Å². The molecular weight excluding hydrogens is 258 g/mol. The number of likely N-dealkylation sites (tertiary alicyclic amines) is 1.